The van der Waals surface area contributed by atoms with E-state index >= 15 is 0 Å². The van der Waals surface area contributed by atoms with Gasteiger partial charge in [0.25, 0.3) is 0 Å². The molecule has 1 N–H and O–H groups in total. The monoisotopic (exact) mass is 410 g/mol. The molecule has 0 aliphatic carbocycles. The summed E-state index contributed by atoms with van der Waals surface area (Å²) in [4.78, 5) is 26.2. The molecule has 2 heterocycles. The minimum atomic E-state index is -0.410. The van der Waals surface area contributed by atoms with Crippen molar-refractivity contribution in [3.8, 4) is 5.75 Å². The van der Waals surface area contributed by atoms with Crippen LogP contribution >= 0.6 is 0 Å². The number of carbonyl (C=O) groups excluding carboxylic acids is 2. The molecule has 1 aromatic heterocycles. The highest BCUT2D eigenvalue weighted by Gasteiger charge is 2.35. The molecule has 0 unspecified atom stereocenters. The average molecular weight is 410 g/mol. The predicted octanol–water partition coefficient (Wildman–Crippen LogP) is 2.92. The van der Waals surface area contributed by atoms with Gasteiger partial charge in [0.1, 0.15) is 11.6 Å². The standard InChI is InChI=1S/C21H19FN4O4/c1-29-17-7-5-16(6-8-17)26-12-14(11-19(26)28)20-24-25-21(30-20)23-18(27)10-13-3-2-4-15(22)9-13/h2-9,14H,10-12H2,1H3,(H,23,25,27)/t14-/m1/s1. The summed E-state index contributed by atoms with van der Waals surface area (Å²) in [5.74, 6) is -0.162. The zero-order valence-electron chi connectivity index (χ0n) is 16.2. The highest BCUT2D eigenvalue weighted by molar-refractivity contribution is 5.96. The number of hydrogen-bond donors (Lipinski definition) is 1. The molecular formula is C21H19FN4O4. The van der Waals surface area contributed by atoms with Gasteiger partial charge in [0.05, 0.1) is 19.4 Å². The van der Waals surface area contributed by atoms with Gasteiger partial charge in [0, 0.05) is 18.7 Å². The molecular weight excluding hydrogens is 391 g/mol. The molecule has 0 saturated carbocycles. The lowest BCUT2D eigenvalue weighted by Crippen LogP contribution is -2.24. The van der Waals surface area contributed by atoms with Gasteiger partial charge in [-0.3, -0.25) is 14.9 Å². The lowest BCUT2D eigenvalue weighted by atomic mass is 10.1. The summed E-state index contributed by atoms with van der Waals surface area (Å²) < 4.78 is 23.9. The average Bonchev–Trinajstić information content (AvgIpc) is 3.34. The van der Waals surface area contributed by atoms with Crippen molar-refractivity contribution in [3.05, 3.63) is 65.8 Å². The Morgan fingerprint density at radius 1 is 1.27 bits per heavy atom. The third kappa shape index (κ3) is 4.29. The van der Waals surface area contributed by atoms with E-state index in [0.717, 1.165) is 5.69 Å². The van der Waals surface area contributed by atoms with Crippen LogP contribution in [0, 0.1) is 5.82 Å². The lowest BCUT2D eigenvalue weighted by Gasteiger charge is -2.16. The number of hydrogen-bond acceptors (Lipinski definition) is 6. The largest absolute Gasteiger partial charge is 0.497 e. The Labute approximate surface area is 171 Å². The van der Waals surface area contributed by atoms with Crippen molar-refractivity contribution in [1.82, 2.24) is 10.2 Å². The van der Waals surface area contributed by atoms with Crippen LogP contribution in [-0.2, 0) is 16.0 Å². The molecule has 1 aliphatic rings. The molecule has 8 nitrogen and oxygen atoms in total. The van der Waals surface area contributed by atoms with Crippen molar-refractivity contribution in [3.63, 3.8) is 0 Å². The molecule has 9 heteroatoms. The highest BCUT2D eigenvalue weighted by Crippen LogP contribution is 2.32. The van der Waals surface area contributed by atoms with E-state index in [4.69, 9.17) is 9.15 Å². The molecule has 30 heavy (non-hydrogen) atoms. The minimum absolute atomic E-state index is 0.0252. The summed E-state index contributed by atoms with van der Waals surface area (Å²) in [6.07, 6.45) is 0.202. The van der Waals surface area contributed by atoms with Crippen LogP contribution in [0.3, 0.4) is 0 Å². The van der Waals surface area contributed by atoms with E-state index in [1.165, 1.54) is 18.2 Å². The van der Waals surface area contributed by atoms with Crippen LogP contribution in [0.2, 0.25) is 0 Å². The van der Waals surface area contributed by atoms with Gasteiger partial charge in [-0.15, -0.1) is 5.10 Å². The van der Waals surface area contributed by atoms with E-state index in [2.05, 4.69) is 15.5 Å². The van der Waals surface area contributed by atoms with Crippen molar-refractivity contribution in [2.45, 2.75) is 18.8 Å². The van der Waals surface area contributed by atoms with Gasteiger partial charge in [-0.25, -0.2) is 4.39 Å². The molecule has 2 amide bonds. The van der Waals surface area contributed by atoms with E-state index < -0.39 is 11.7 Å². The number of amides is 2. The summed E-state index contributed by atoms with van der Waals surface area (Å²) in [5.41, 5.74) is 1.29. The number of anilines is 2. The zero-order valence-corrected chi connectivity index (χ0v) is 16.2. The summed E-state index contributed by atoms with van der Waals surface area (Å²) in [6, 6.07) is 12.9. The van der Waals surface area contributed by atoms with Gasteiger partial charge in [0.2, 0.25) is 17.7 Å². The van der Waals surface area contributed by atoms with E-state index in [1.807, 2.05) is 12.1 Å². The quantitative estimate of drug-likeness (QED) is 0.671. The molecule has 1 atom stereocenters. The molecule has 1 saturated heterocycles. The SMILES string of the molecule is COc1ccc(N2C[C@H](c3nnc(NC(=O)Cc4cccc(F)c4)o3)CC2=O)cc1. The second-order valence-electron chi connectivity index (χ2n) is 6.90. The van der Waals surface area contributed by atoms with Gasteiger partial charge in [0.15, 0.2) is 0 Å². The molecule has 0 bridgehead atoms. The van der Waals surface area contributed by atoms with Gasteiger partial charge >= 0.3 is 6.01 Å². The fourth-order valence-corrected chi connectivity index (χ4v) is 3.33. The number of aromatic nitrogens is 2. The summed E-state index contributed by atoms with van der Waals surface area (Å²) in [7, 11) is 1.58. The number of halogens is 1. The van der Waals surface area contributed by atoms with Crippen molar-refractivity contribution < 1.29 is 23.1 Å². The molecule has 0 radical (unpaired) electrons. The number of rotatable bonds is 6. The fourth-order valence-electron chi connectivity index (χ4n) is 3.33. The van der Waals surface area contributed by atoms with E-state index in [-0.39, 0.29) is 36.6 Å². The molecule has 4 rings (SSSR count). The third-order valence-corrected chi connectivity index (χ3v) is 4.80. The Morgan fingerprint density at radius 2 is 2.07 bits per heavy atom. The molecule has 154 valence electrons. The first-order chi connectivity index (χ1) is 14.5. The topological polar surface area (TPSA) is 97.6 Å². The van der Waals surface area contributed by atoms with Crippen molar-refractivity contribution in [2.75, 3.05) is 23.9 Å². The maximum atomic E-state index is 13.2. The van der Waals surface area contributed by atoms with Gasteiger partial charge in [-0.05, 0) is 42.0 Å². The smallest absolute Gasteiger partial charge is 0.322 e. The third-order valence-electron chi connectivity index (χ3n) is 4.80. The molecule has 3 aromatic rings. The molecule has 0 spiro atoms. The van der Waals surface area contributed by atoms with E-state index in [0.29, 0.717) is 17.9 Å². The lowest BCUT2D eigenvalue weighted by molar-refractivity contribution is -0.117. The second kappa shape index (κ2) is 8.32. The summed E-state index contributed by atoms with van der Waals surface area (Å²) >= 11 is 0. The first kappa shape index (κ1) is 19.6. The first-order valence-corrected chi connectivity index (χ1v) is 9.34. The number of carbonyl (C=O) groups is 2. The Kier molecular flexibility index (Phi) is 5.42. The molecule has 1 aliphatic heterocycles. The van der Waals surface area contributed by atoms with E-state index in [9.17, 15) is 14.0 Å². The first-order valence-electron chi connectivity index (χ1n) is 9.34. The predicted molar refractivity (Wildman–Crippen MR) is 106 cm³/mol. The van der Waals surface area contributed by atoms with Crippen LogP contribution in [0.25, 0.3) is 0 Å². The molecule has 2 aromatic carbocycles. The maximum Gasteiger partial charge on any atom is 0.322 e. The fraction of sp³-hybridized carbons (Fsp3) is 0.238. The Balaban J connectivity index is 1.38. The van der Waals surface area contributed by atoms with Crippen LogP contribution in [0.1, 0.15) is 23.8 Å². The Hall–Kier alpha value is -3.75. The van der Waals surface area contributed by atoms with E-state index in [1.54, 1.807) is 30.2 Å². The molecule has 1 fully saturated rings. The van der Waals surface area contributed by atoms with Gasteiger partial charge in [-0.1, -0.05) is 17.2 Å². The normalized spacial score (nSPS) is 16.0. The van der Waals surface area contributed by atoms with Crippen LogP contribution < -0.4 is 15.0 Å². The van der Waals surface area contributed by atoms with Crippen LogP contribution in [-0.4, -0.2) is 35.7 Å². The Morgan fingerprint density at radius 3 is 2.80 bits per heavy atom. The summed E-state index contributed by atoms with van der Waals surface area (Å²) in [5, 5.41) is 10.3. The van der Waals surface area contributed by atoms with Crippen LogP contribution in [0.4, 0.5) is 16.1 Å². The zero-order chi connectivity index (χ0) is 21.1. The van der Waals surface area contributed by atoms with Gasteiger partial charge < -0.3 is 14.1 Å². The number of nitrogens with zero attached hydrogens (tertiary/aromatic N) is 3. The number of ether oxygens (including phenoxy) is 1. The minimum Gasteiger partial charge on any atom is -0.497 e. The van der Waals surface area contributed by atoms with Gasteiger partial charge in [-0.2, -0.15) is 0 Å². The summed E-state index contributed by atoms with van der Waals surface area (Å²) in [6.45, 7) is 0.393. The van der Waals surface area contributed by atoms with Crippen LogP contribution in [0.15, 0.2) is 52.9 Å². The number of nitrogens with one attached hydrogen (secondary N) is 1. The number of benzene rings is 2. The van der Waals surface area contributed by atoms with Crippen molar-refractivity contribution in [1.29, 1.82) is 0 Å². The highest BCUT2D eigenvalue weighted by atomic mass is 19.1. The van der Waals surface area contributed by atoms with Crippen LogP contribution in [0.5, 0.6) is 5.75 Å². The maximum absolute atomic E-state index is 13.2. The number of methoxy groups -OCH3 is 1. The van der Waals surface area contributed by atoms with Crippen molar-refractivity contribution >= 4 is 23.5 Å². The second-order valence-corrected chi connectivity index (χ2v) is 6.90. The van der Waals surface area contributed by atoms with Crippen molar-refractivity contribution in [2.24, 2.45) is 0 Å². The Bertz CT molecular complexity index is 1070.